The maximum Gasteiger partial charge on any atom is 0.289 e. The molecular weight excluding hydrogens is 420 g/mol. The van der Waals surface area contributed by atoms with Crippen LogP contribution in [-0.2, 0) is 0 Å². The number of carbonyl (C=O) groups excluding carboxylic acids is 1. The molecule has 0 bridgehead atoms. The van der Waals surface area contributed by atoms with Crippen molar-refractivity contribution in [3.8, 4) is 28.4 Å². The third-order valence-corrected chi connectivity index (χ3v) is 5.21. The van der Waals surface area contributed by atoms with E-state index in [1.54, 1.807) is 44.7 Å². The van der Waals surface area contributed by atoms with Crippen LogP contribution in [0, 0.1) is 13.8 Å². The summed E-state index contributed by atoms with van der Waals surface area (Å²) in [6.07, 6.45) is 1.59. The van der Waals surface area contributed by atoms with Crippen molar-refractivity contribution >= 4 is 12.1 Å². The van der Waals surface area contributed by atoms with E-state index in [0.29, 0.717) is 22.8 Å². The third-order valence-electron chi connectivity index (χ3n) is 5.21. The molecule has 0 radical (unpaired) electrons. The highest BCUT2D eigenvalue weighted by molar-refractivity contribution is 5.94. The van der Waals surface area contributed by atoms with Crippen molar-refractivity contribution < 1.29 is 14.3 Å². The highest BCUT2D eigenvalue weighted by Gasteiger charge is 2.15. The van der Waals surface area contributed by atoms with Crippen molar-refractivity contribution in [2.45, 2.75) is 13.8 Å². The number of benzene rings is 2. The quantitative estimate of drug-likeness (QED) is 0.334. The lowest BCUT2D eigenvalue weighted by Crippen LogP contribution is -2.18. The Morgan fingerprint density at radius 1 is 1.09 bits per heavy atom. The Morgan fingerprint density at radius 3 is 2.61 bits per heavy atom. The predicted octanol–water partition coefficient (Wildman–Crippen LogP) is 3.66. The van der Waals surface area contributed by atoms with Crippen LogP contribution in [0.15, 0.2) is 59.7 Å². The molecule has 168 valence electrons. The average Bonchev–Trinajstić information content (AvgIpc) is 3.45. The van der Waals surface area contributed by atoms with Crippen LogP contribution in [0.1, 0.15) is 27.4 Å². The molecule has 1 amide bonds. The fourth-order valence-corrected chi connectivity index (χ4v) is 3.47. The summed E-state index contributed by atoms with van der Waals surface area (Å²) in [7, 11) is 3.16. The first-order chi connectivity index (χ1) is 16.0. The van der Waals surface area contributed by atoms with Gasteiger partial charge in [-0.2, -0.15) is 15.3 Å². The van der Waals surface area contributed by atoms with E-state index in [4.69, 9.17) is 9.47 Å². The molecule has 9 nitrogen and oxygen atoms in total. The average molecular weight is 444 g/mol. The number of aromatic nitrogens is 4. The van der Waals surface area contributed by atoms with Crippen molar-refractivity contribution in [3.05, 3.63) is 77.2 Å². The van der Waals surface area contributed by atoms with Gasteiger partial charge >= 0.3 is 0 Å². The monoisotopic (exact) mass is 444 g/mol. The molecule has 0 fully saturated rings. The Labute approximate surface area is 191 Å². The Kier molecular flexibility index (Phi) is 6.21. The van der Waals surface area contributed by atoms with Crippen molar-refractivity contribution in [2.75, 3.05) is 14.2 Å². The number of amides is 1. The molecule has 33 heavy (non-hydrogen) atoms. The summed E-state index contributed by atoms with van der Waals surface area (Å²) in [6.45, 7) is 3.86. The SMILES string of the molecule is COc1ccc(OC)c(-c2cc(C(=O)N/N=C\c3c(C)nn(-c4ccccc4)c3C)[nH]n2)c1. The van der Waals surface area contributed by atoms with Gasteiger partial charge in [-0.25, -0.2) is 10.1 Å². The highest BCUT2D eigenvalue weighted by atomic mass is 16.5. The molecule has 4 aromatic rings. The second kappa shape index (κ2) is 9.39. The van der Waals surface area contributed by atoms with Crippen LogP contribution in [0.2, 0.25) is 0 Å². The van der Waals surface area contributed by atoms with E-state index in [0.717, 1.165) is 22.6 Å². The van der Waals surface area contributed by atoms with Gasteiger partial charge in [0.15, 0.2) is 0 Å². The number of ether oxygens (including phenoxy) is 2. The molecule has 0 saturated carbocycles. The number of carbonyl (C=O) groups is 1. The Bertz CT molecular complexity index is 1310. The van der Waals surface area contributed by atoms with Gasteiger partial charge in [0.05, 0.1) is 43.2 Å². The molecule has 2 aromatic heterocycles. The Hall–Kier alpha value is -4.40. The summed E-state index contributed by atoms with van der Waals surface area (Å²) in [6, 6.07) is 16.8. The van der Waals surface area contributed by atoms with E-state index in [1.807, 2.05) is 48.9 Å². The molecule has 0 atom stereocenters. The predicted molar refractivity (Wildman–Crippen MR) is 125 cm³/mol. The van der Waals surface area contributed by atoms with E-state index >= 15 is 0 Å². The zero-order chi connectivity index (χ0) is 23.4. The largest absolute Gasteiger partial charge is 0.497 e. The minimum Gasteiger partial charge on any atom is -0.497 e. The van der Waals surface area contributed by atoms with Crippen LogP contribution in [0.25, 0.3) is 16.9 Å². The summed E-state index contributed by atoms with van der Waals surface area (Å²) in [5.74, 6) is 0.859. The molecule has 2 heterocycles. The maximum atomic E-state index is 12.6. The minimum atomic E-state index is -0.419. The van der Waals surface area contributed by atoms with Crippen LogP contribution in [0.5, 0.6) is 11.5 Å². The minimum absolute atomic E-state index is 0.264. The van der Waals surface area contributed by atoms with Gasteiger partial charge in [0, 0.05) is 11.1 Å². The van der Waals surface area contributed by atoms with Gasteiger partial charge in [-0.3, -0.25) is 9.89 Å². The van der Waals surface area contributed by atoms with Gasteiger partial charge in [-0.15, -0.1) is 0 Å². The molecule has 2 N–H and O–H groups in total. The molecule has 0 aliphatic carbocycles. The Balaban J connectivity index is 1.50. The van der Waals surface area contributed by atoms with E-state index < -0.39 is 5.91 Å². The van der Waals surface area contributed by atoms with Gasteiger partial charge < -0.3 is 9.47 Å². The number of aryl methyl sites for hydroxylation is 1. The number of hydrogen-bond acceptors (Lipinski definition) is 6. The van der Waals surface area contributed by atoms with Gasteiger partial charge in [0.1, 0.15) is 17.2 Å². The molecule has 4 rings (SSSR count). The molecule has 9 heteroatoms. The second-order valence-electron chi connectivity index (χ2n) is 7.26. The number of aromatic amines is 1. The molecular formula is C24H24N6O3. The summed E-state index contributed by atoms with van der Waals surface area (Å²) in [5, 5.41) is 15.7. The second-order valence-corrected chi connectivity index (χ2v) is 7.26. The van der Waals surface area contributed by atoms with Crippen molar-refractivity contribution in [2.24, 2.45) is 5.10 Å². The first-order valence-electron chi connectivity index (χ1n) is 10.2. The molecule has 0 saturated heterocycles. The zero-order valence-electron chi connectivity index (χ0n) is 18.8. The summed E-state index contributed by atoms with van der Waals surface area (Å²) >= 11 is 0. The van der Waals surface area contributed by atoms with Gasteiger partial charge in [0.2, 0.25) is 0 Å². The van der Waals surface area contributed by atoms with Gasteiger partial charge in [0.25, 0.3) is 5.91 Å². The highest BCUT2D eigenvalue weighted by Crippen LogP contribution is 2.32. The number of nitrogens with one attached hydrogen (secondary N) is 2. The van der Waals surface area contributed by atoms with E-state index in [9.17, 15) is 4.79 Å². The van der Waals surface area contributed by atoms with Gasteiger partial charge in [-0.05, 0) is 50.2 Å². The molecule has 0 spiro atoms. The van der Waals surface area contributed by atoms with Crippen LogP contribution in [0.4, 0.5) is 0 Å². The summed E-state index contributed by atoms with van der Waals surface area (Å²) in [5.41, 5.74) is 7.58. The number of hydrogen-bond donors (Lipinski definition) is 2. The Morgan fingerprint density at radius 2 is 1.88 bits per heavy atom. The first-order valence-corrected chi connectivity index (χ1v) is 10.2. The van der Waals surface area contributed by atoms with Gasteiger partial charge in [-0.1, -0.05) is 18.2 Å². The fourth-order valence-electron chi connectivity index (χ4n) is 3.47. The lowest BCUT2D eigenvalue weighted by atomic mass is 10.1. The standard InChI is InChI=1S/C24H24N6O3/c1-15-20(16(2)30(29-15)17-8-6-5-7-9-17)14-25-28-24(31)22-13-21(26-27-22)19-12-18(32-3)10-11-23(19)33-4/h5-14H,1-4H3,(H,26,27)(H,28,31)/b25-14-. The van der Waals surface area contributed by atoms with E-state index in [1.165, 1.54) is 0 Å². The van der Waals surface area contributed by atoms with E-state index in [-0.39, 0.29) is 5.69 Å². The van der Waals surface area contributed by atoms with Crippen LogP contribution in [-0.4, -0.2) is 46.3 Å². The van der Waals surface area contributed by atoms with Crippen LogP contribution >= 0.6 is 0 Å². The number of nitrogens with zero attached hydrogens (tertiary/aromatic N) is 4. The lowest BCUT2D eigenvalue weighted by Gasteiger charge is -2.08. The van der Waals surface area contributed by atoms with Crippen LogP contribution in [0.3, 0.4) is 0 Å². The molecule has 0 aliphatic heterocycles. The third kappa shape index (κ3) is 4.47. The summed E-state index contributed by atoms with van der Waals surface area (Å²) < 4.78 is 12.5. The van der Waals surface area contributed by atoms with Crippen molar-refractivity contribution in [1.29, 1.82) is 0 Å². The summed E-state index contributed by atoms with van der Waals surface area (Å²) in [4.78, 5) is 12.6. The number of para-hydroxylation sites is 1. The number of hydrazone groups is 1. The first kappa shape index (κ1) is 21.8. The molecule has 0 aliphatic rings. The maximum absolute atomic E-state index is 12.6. The van der Waals surface area contributed by atoms with Crippen molar-refractivity contribution in [3.63, 3.8) is 0 Å². The number of H-pyrrole nitrogens is 1. The normalized spacial score (nSPS) is 11.0. The smallest absolute Gasteiger partial charge is 0.289 e. The lowest BCUT2D eigenvalue weighted by molar-refractivity contribution is 0.0950. The van der Waals surface area contributed by atoms with E-state index in [2.05, 4.69) is 25.8 Å². The number of rotatable bonds is 7. The fraction of sp³-hybridized carbons (Fsp3) is 0.167. The molecule has 2 aromatic carbocycles. The van der Waals surface area contributed by atoms with Crippen molar-refractivity contribution in [1.82, 2.24) is 25.4 Å². The zero-order valence-corrected chi connectivity index (χ0v) is 18.8. The topological polar surface area (TPSA) is 106 Å². The number of methoxy groups -OCH3 is 2. The van der Waals surface area contributed by atoms with Crippen LogP contribution < -0.4 is 14.9 Å². The molecule has 0 unspecified atom stereocenters.